The van der Waals surface area contributed by atoms with Gasteiger partial charge in [0.2, 0.25) is 0 Å². The van der Waals surface area contributed by atoms with Crippen molar-refractivity contribution in [3.8, 4) is 0 Å². The first-order chi connectivity index (χ1) is 7.49. The van der Waals surface area contributed by atoms with E-state index in [-0.39, 0.29) is 0 Å². The number of hydrogen-bond acceptors (Lipinski definition) is 2. The molecular weight excluding hydrogens is 198 g/mol. The average Bonchev–Trinajstić information content (AvgIpc) is 2.57. The Bertz CT molecular complexity index is 231. The summed E-state index contributed by atoms with van der Waals surface area (Å²) < 4.78 is 0. The molecule has 2 fully saturated rings. The molecule has 0 heterocycles. The Kier molecular flexibility index (Phi) is 3.60. The van der Waals surface area contributed by atoms with Crippen LogP contribution in [0.2, 0.25) is 0 Å². The van der Waals surface area contributed by atoms with E-state index >= 15 is 0 Å². The second kappa shape index (κ2) is 4.66. The molecule has 0 bridgehead atoms. The van der Waals surface area contributed by atoms with E-state index in [9.17, 15) is 5.11 Å². The highest BCUT2D eigenvalue weighted by molar-refractivity contribution is 4.90. The molecule has 2 N–H and O–H groups in total. The zero-order valence-electron chi connectivity index (χ0n) is 10.9. The van der Waals surface area contributed by atoms with Crippen LogP contribution in [-0.2, 0) is 0 Å². The smallest absolute Gasteiger partial charge is 0.0771 e. The third-order valence-corrected chi connectivity index (χ3v) is 4.47. The lowest BCUT2D eigenvalue weighted by atomic mass is 9.84. The maximum Gasteiger partial charge on any atom is 0.0771 e. The van der Waals surface area contributed by atoms with E-state index in [4.69, 9.17) is 0 Å². The molecule has 0 aromatic carbocycles. The Morgan fingerprint density at radius 2 is 1.81 bits per heavy atom. The zero-order valence-corrected chi connectivity index (χ0v) is 10.9. The Hall–Kier alpha value is -0.0800. The van der Waals surface area contributed by atoms with Crippen molar-refractivity contribution in [3.05, 3.63) is 0 Å². The van der Waals surface area contributed by atoms with Crippen molar-refractivity contribution in [1.82, 2.24) is 5.32 Å². The van der Waals surface area contributed by atoms with Crippen LogP contribution in [0.1, 0.15) is 65.2 Å². The van der Waals surface area contributed by atoms with Crippen molar-refractivity contribution in [2.45, 2.75) is 76.9 Å². The van der Waals surface area contributed by atoms with Crippen LogP contribution in [0.25, 0.3) is 0 Å². The van der Waals surface area contributed by atoms with Gasteiger partial charge in [-0.3, -0.25) is 0 Å². The van der Waals surface area contributed by atoms with Crippen LogP contribution >= 0.6 is 0 Å². The number of hydrogen-bond donors (Lipinski definition) is 2. The van der Waals surface area contributed by atoms with Crippen molar-refractivity contribution in [2.24, 2.45) is 5.41 Å². The summed E-state index contributed by atoms with van der Waals surface area (Å²) in [4.78, 5) is 0. The first kappa shape index (κ1) is 12.4. The van der Waals surface area contributed by atoms with Gasteiger partial charge in [-0.1, -0.05) is 33.1 Å². The average molecular weight is 225 g/mol. The van der Waals surface area contributed by atoms with Crippen molar-refractivity contribution in [2.75, 3.05) is 6.54 Å². The minimum Gasteiger partial charge on any atom is -0.389 e. The summed E-state index contributed by atoms with van der Waals surface area (Å²) >= 11 is 0. The minimum atomic E-state index is -0.398. The molecule has 0 saturated heterocycles. The minimum absolute atomic E-state index is 0.398. The SMILES string of the molecule is CC1(C)CCC(NCC2(O)CCCCC2)C1. The Morgan fingerprint density at radius 3 is 2.38 bits per heavy atom. The maximum atomic E-state index is 10.4. The highest BCUT2D eigenvalue weighted by Crippen LogP contribution is 2.37. The van der Waals surface area contributed by atoms with Gasteiger partial charge < -0.3 is 10.4 Å². The standard InChI is InChI=1S/C14H27NO/c1-13(2)9-6-12(10-13)15-11-14(16)7-4-3-5-8-14/h12,15-16H,3-11H2,1-2H3. The molecule has 2 rings (SSSR count). The highest BCUT2D eigenvalue weighted by Gasteiger charge is 2.34. The fourth-order valence-electron chi connectivity index (χ4n) is 3.33. The monoisotopic (exact) mass is 225 g/mol. The zero-order chi connectivity index (χ0) is 11.6. The fraction of sp³-hybridized carbons (Fsp3) is 1.00. The number of aliphatic hydroxyl groups is 1. The molecule has 2 aliphatic carbocycles. The first-order valence-electron chi connectivity index (χ1n) is 6.95. The molecule has 94 valence electrons. The van der Waals surface area contributed by atoms with Crippen LogP contribution in [0.5, 0.6) is 0 Å². The van der Waals surface area contributed by atoms with Gasteiger partial charge in [0.15, 0.2) is 0 Å². The quantitative estimate of drug-likeness (QED) is 0.774. The van der Waals surface area contributed by atoms with E-state index < -0.39 is 5.60 Å². The van der Waals surface area contributed by atoms with Crippen LogP contribution in [0.3, 0.4) is 0 Å². The van der Waals surface area contributed by atoms with Crippen LogP contribution < -0.4 is 5.32 Å². The molecule has 0 radical (unpaired) electrons. The lowest BCUT2D eigenvalue weighted by Gasteiger charge is -2.33. The van der Waals surface area contributed by atoms with Crippen molar-refractivity contribution in [3.63, 3.8) is 0 Å². The summed E-state index contributed by atoms with van der Waals surface area (Å²) in [6.07, 6.45) is 9.57. The molecule has 1 atom stereocenters. The fourth-order valence-corrected chi connectivity index (χ4v) is 3.33. The second-order valence-electron chi connectivity index (χ2n) is 6.77. The maximum absolute atomic E-state index is 10.4. The Balaban J connectivity index is 1.75. The molecule has 2 aliphatic rings. The van der Waals surface area contributed by atoms with E-state index in [1.807, 2.05) is 0 Å². The normalized spacial score (nSPS) is 32.8. The molecule has 2 saturated carbocycles. The molecular formula is C14H27NO. The summed E-state index contributed by atoms with van der Waals surface area (Å²) in [7, 11) is 0. The first-order valence-corrected chi connectivity index (χ1v) is 6.95. The van der Waals surface area contributed by atoms with Gasteiger partial charge in [-0.2, -0.15) is 0 Å². The molecule has 2 heteroatoms. The van der Waals surface area contributed by atoms with Crippen LogP contribution in [0.4, 0.5) is 0 Å². The van der Waals surface area contributed by atoms with E-state index in [1.54, 1.807) is 0 Å². The van der Waals surface area contributed by atoms with Gasteiger partial charge >= 0.3 is 0 Å². The van der Waals surface area contributed by atoms with Gasteiger partial charge in [-0.25, -0.2) is 0 Å². The number of rotatable bonds is 3. The molecule has 1 unspecified atom stereocenters. The molecule has 0 spiro atoms. The van der Waals surface area contributed by atoms with Crippen molar-refractivity contribution >= 4 is 0 Å². The van der Waals surface area contributed by atoms with E-state index in [0.29, 0.717) is 11.5 Å². The van der Waals surface area contributed by atoms with Gasteiger partial charge in [0.25, 0.3) is 0 Å². The molecule has 16 heavy (non-hydrogen) atoms. The van der Waals surface area contributed by atoms with Gasteiger partial charge in [0.1, 0.15) is 0 Å². The second-order valence-corrected chi connectivity index (χ2v) is 6.77. The predicted molar refractivity (Wildman–Crippen MR) is 67.5 cm³/mol. The van der Waals surface area contributed by atoms with Crippen molar-refractivity contribution < 1.29 is 5.11 Å². The summed E-state index contributed by atoms with van der Waals surface area (Å²) in [5.41, 5.74) is 0.109. The van der Waals surface area contributed by atoms with Gasteiger partial charge in [-0.15, -0.1) is 0 Å². The summed E-state index contributed by atoms with van der Waals surface area (Å²) in [5.74, 6) is 0. The summed E-state index contributed by atoms with van der Waals surface area (Å²) in [5, 5.41) is 14.0. The van der Waals surface area contributed by atoms with Crippen LogP contribution in [0, 0.1) is 5.41 Å². The molecule has 2 nitrogen and oxygen atoms in total. The Labute approximate surface area is 99.8 Å². The third-order valence-electron chi connectivity index (χ3n) is 4.47. The van der Waals surface area contributed by atoms with E-state index in [0.717, 1.165) is 19.4 Å². The molecule has 0 aromatic rings. The topological polar surface area (TPSA) is 32.3 Å². The van der Waals surface area contributed by atoms with Gasteiger partial charge in [-0.05, 0) is 37.5 Å². The Morgan fingerprint density at radius 1 is 1.12 bits per heavy atom. The molecule has 0 aliphatic heterocycles. The predicted octanol–water partition coefficient (Wildman–Crippen LogP) is 2.85. The summed E-state index contributed by atoms with van der Waals surface area (Å²) in [6, 6.07) is 0.640. The van der Waals surface area contributed by atoms with Gasteiger partial charge in [0.05, 0.1) is 5.60 Å². The van der Waals surface area contributed by atoms with Crippen LogP contribution in [-0.4, -0.2) is 23.3 Å². The lowest BCUT2D eigenvalue weighted by molar-refractivity contribution is 0.00256. The molecule has 0 amide bonds. The van der Waals surface area contributed by atoms with E-state index in [1.165, 1.54) is 38.5 Å². The van der Waals surface area contributed by atoms with Gasteiger partial charge in [0, 0.05) is 12.6 Å². The van der Waals surface area contributed by atoms with Crippen LogP contribution in [0.15, 0.2) is 0 Å². The molecule has 0 aromatic heterocycles. The van der Waals surface area contributed by atoms with Crippen molar-refractivity contribution in [1.29, 1.82) is 0 Å². The lowest BCUT2D eigenvalue weighted by Crippen LogP contribution is -2.45. The largest absolute Gasteiger partial charge is 0.389 e. The highest BCUT2D eigenvalue weighted by atomic mass is 16.3. The third kappa shape index (κ3) is 3.21. The summed E-state index contributed by atoms with van der Waals surface area (Å²) in [6.45, 7) is 5.52. The van der Waals surface area contributed by atoms with E-state index in [2.05, 4.69) is 19.2 Å². The number of nitrogens with one attached hydrogen (secondary N) is 1.